The Morgan fingerprint density at radius 1 is 1.06 bits per heavy atom. The molecule has 2 aliphatic rings. The van der Waals surface area contributed by atoms with Crippen molar-refractivity contribution in [1.82, 2.24) is 5.32 Å². The number of nitrogens with one attached hydrogen (secondary N) is 1. The lowest BCUT2D eigenvalue weighted by Crippen LogP contribution is -2.29. The third-order valence-corrected chi connectivity index (χ3v) is 6.25. The number of hydrogen-bond donors (Lipinski definition) is 1. The molecule has 0 bridgehead atoms. The Morgan fingerprint density at radius 2 is 1.72 bits per heavy atom. The van der Waals surface area contributed by atoms with Gasteiger partial charge in [-0.15, -0.1) is 0 Å². The summed E-state index contributed by atoms with van der Waals surface area (Å²) in [5.41, 5.74) is 4.36. The molecule has 1 aliphatic carbocycles. The Balaban J connectivity index is 1.99. The summed E-state index contributed by atoms with van der Waals surface area (Å²) in [5.74, 6) is -0.0932. The van der Waals surface area contributed by atoms with E-state index in [1.165, 1.54) is 7.11 Å². The molecule has 1 N–H and O–H groups in total. The van der Waals surface area contributed by atoms with Gasteiger partial charge in [0, 0.05) is 34.0 Å². The number of rotatable bonds is 6. The van der Waals surface area contributed by atoms with E-state index in [0.717, 1.165) is 5.56 Å². The number of esters is 1. The number of fused-ring (bicyclic) bond motifs is 2. The smallest absolute Gasteiger partial charge is 0.336 e. The summed E-state index contributed by atoms with van der Waals surface area (Å²) in [6.07, 6.45) is 0. The number of methoxy groups -OCH3 is 1. The average molecular weight is 498 g/mol. The maximum absolute atomic E-state index is 13.6. The number of Topliss-reactive ketones (excluding diaryl/α,β-unsaturated/α-hetero) is 1. The fourth-order valence-corrected chi connectivity index (χ4v) is 4.82. The van der Waals surface area contributed by atoms with E-state index in [0.29, 0.717) is 62.9 Å². The molecule has 32 heavy (non-hydrogen) atoms. The molecular formula is C25H24BrNO5. The number of ether oxygens (including phenoxy) is 3. The van der Waals surface area contributed by atoms with Crippen molar-refractivity contribution in [2.24, 2.45) is 0 Å². The van der Waals surface area contributed by atoms with Crippen molar-refractivity contribution in [1.29, 1.82) is 0 Å². The van der Waals surface area contributed by atoms with Crippen molar-refractivity contribution in [3.8, 4) is 11.5 Å². The molecule has 0 aromatic heterocycles. The first-order valence-corrected chi connectivity index (χ1v) is 11.3. The van der Waals surface area contributed by atoms with E-state index < -0.39 is 11.9 Å². The van der Waals surface area contributed by atoms with E-state index in [4.69, 9.17) is 14.2 Å². The van der Waals surface area contributed by atoms with Crippen LogP contribution in [0.3, 0.4) is 0 Å². The Morgan fingerprint density at radius 3 is 2.38 bits per heavy atom. The van der Waals surface area contributed by atoms with Gasteiger partial charge in [0.25, 0.3) is 0 Å². The quantitative estimate of drug-likeness (QED) is 0.566. The minimum atomic E-state index is -0.660. The lowest BCUT2D eigenvalue weighted by atomic mass is 9.79. The molecule has 0 amide bonds. The van der Waals surface area contributed by atoms with Crippen molar-refractivity contribution < 1.29 is 23.8 Å². The van der Waals surface area contributed by atoms with Gasteiger partial charge in [0.05, 0.1) is 42.0 Å². The Hall–Kier alpha value is -3.06. The molecule has 1 aliphatic heterocycles. The van der Waals surface area contributed by atoms with Gasteiger partial charge >= 0.3 is 5.97 Å². The third kappa shape index (κ3) is 3.50. The molecule has 0 fully saturated rings. The Labute approximate surface area is 195 Å². The first kappa shape index (κ1) is 22.1. The number of ketones is 1. The van der Waals surface area contributed by atoms with Gasteiger partial charge in [-0.2, -0.15) is 0 Å². The highest BCUT2D eigenvalue weighted by Gasteiger charge is 2.44. The van der Waals surface area contributed by atoms with E-state index in [1.807, 2.05) is 45.0 Å². The predicted molar refractivity (Wildman–Crippen MR) is 125 cm³/mol. The zero-order valence-electron chi connectivity index (χ0n) is 18.4. The summed E-state index contributed by atoms with van der Waals surface area (Å²) < 4.78 is 17.5. The van der Waals surface area contributed by atoms with Crippen LogP contribution in [0.5, 0.6) is 11.5 Å². The van der Waals surface area contributed by atoms with E-state index in [-0.39, 0.29) is 5.78 Å². The van der Waals surface area contributed by atoms with Crippen molar-refractivity contribution in [2.45, 2.75) is 26.7 Å². The summed E-state index contributed by atoms with van der Waals surface area (Å²) in [6, 6.07) is 11.1. The van der Waals surface area contributed by atoms with Gasteiger partial charge in [-0.1, -0.05) is 24.3 Å². The zero-order chi connectivity index (χ0) is 23.0. The molecule has 1 heterocycles. The summed E-state index contributed by atoms with van der Waals surface area (Å²) >= 11 is 3.58. The maximum Gasteiger partial charge on any atom is 0.336 e. The van der Waals surface area contributed by atoms with Crippen molar-refractivity contribution in [2.75, 3.05) is 20.3 Å². The number of dihydropyridines is 1. The van der Waals surface area contributed by atoms with Gasteiger partial charge in [-0.05, 0) is 42.8 Å². The van der Waals surface area contributed by atoms with E-state index in [9.17, 15) is 9.59 Å². The highest BCUT2D eigenvalue weighted by Crippen LogP contribution is 2.50. The lowest BCUT2D eigenvalue weighted by Gasteiger charge is -2.30. The van der Waals surface area contributed by atoms with Gasteiger partial charge in [0.1, 0.15) is 11.5 Å². The number of carbonyl (C=O) groups is 2. The summed E-state index contributed by atoms with van der Waals surface area (Å²) in [6.45, 7) is 6.52. The van der Waals surface area contributed by atoms with Crippen LogP contribution in [-0.4, -0.2) is 32.1 Å². The number of halogens is 1. The van der Waals surface area contributed by atoms with E-state index >= 15 is 0 Å². The monoisotopic (exact) mass is 497 g/mol. The Bertz CT molecular complexity index is 1180. The van der Waals surface area contributed by atoms with Crippen molar-refractivity contribution >= 4 is 33.4 Å². The number of allylic oxidation sites excluding steroid dienone is 2. The van der Waals surface area contributed by atoms with Crippen LogP contribution in [0.1, 0.15) is 48.2 Å². The van der Waals surface area contributed by atoms with E-state index in [2.05, 4.69) is 21.2 Å². The lowest BCUT2D eigenvalue weighted by molar-refractivity contribution is -0.136. The second-order valence-electron chi connectivity index (χ2n) is 7.44. The molecule has 166 valence electrons. The normalized spacial score (nSPS) is 17.0. The maximum atomic E-state index is 13.6. The second kappa shape index (κ2) is 8.82. The third-order valence-electron chi connectivity index (χ3n) is 5.63. The van der Waals surface area contributed by atoms with Gasteiger partial charge in [-0.3, -0.25) is 4.79 Å². The van der Waals surface area contributed by atoms with Crippen LogP contribution in [0.4, 0.5) is 0 Å². The van der Waals surface area contributed by atoms with E-state index in [1.54, 1.807) is 12.1 Å². The average Bonchev–Trinajstić information content (AvgIpc) is 3.06. The molecule has 4 rings (SSSR count). The molecule has 0 spiro atoms. The highest BCUT2D eigenvalue weighted by atomic mass is 79.9. The van der Waals surface area contributed by atoms with Crippen LogP contribution in [-0.2, 0) is 9.53 Å². The fourth-order valence-electron chi connectivity index (χ4n) is 4.34. The molecule has 0 saturated carbocycles. The SMILES string of the molecule is CCOc1cc(OCC)c([C@H]2C(C(=O)OC)=C(C)NC3=C2C(=O)c2ccccc23)cc1Br. The minimum absolute atomic E-state index is 0.116. The summed E-state index contributed by atoms with van der Waals surface area (Å²) in [5, 5.41) is 3.29. The second-order valence-corrected chi connectivity index (χ2v) is 8.29. The molecule has 0 unspecified atom stereocenters. The topological polar surface area (TPSA) is 73.9 Å². The number of hydrogen-bond acceptors (Lipinski definition) is 6. The minimum Gasteiger partial charge on any atom is -0.493 e. The Kier molecular flexibility index (Phi) is 6.11. The predicted octanol–water partition coefficient (Wildman–Crippen LogP) is 4.99. The first-order valence-electron chi connectivity index (χ1n) is 10.5. The largest absolute Gasteiger partial charge is 0.493 e. The standard InChI is InChI=1S/C25H24BrNO5/c1-5-31-18-12-19(32-6-2)17(26)11-16(18)21-20(25(29)30-4)13(3)27-23-14-9-7-8-10-15(14)24(28)22(21)23/h7-12,21,27H,5-6H2,1-4H3/t21-/m0/s1. The highest BCUT2D eigenvalue weighted by molar-refractivity contribution is 9.10. The molecule has 2 aromatic rings. The van der Waals surface area contributed by atoms with Crippen LogP contribution in [0.25, 0.3) is 5.70 Å². The zero-order valence-corrected chi connectivity index (χ0v) is 20.0. The van der Waals surface area contributed by atoms with Crippen LogP contribution < -0.4 is 14.8 Å². The molecular weight excluding hydrogens is 474 g/mol. The van der Waals surface area contributed by atoms with Gasteiger partial charge in [0.15, 0.2) is 5.78 Å². The summed E-state index contributed by atoms with van der Waals surface area (Å²) in [4.78, 5) is 26.5. The van der Waals surface area contributed by atoms with Crippen molar-refractivity contribution in [3.05, 3.63) is 74.4 Å². The van der Waals surface area contributed by atoms with Gasteiger partial charge < -0.3 is 19.5 Å². The molecule has 0 radical (unpaired) electrons. The molecule has 0 saturated heterocycles. The molecule has 6 nitrogen and oxygen atoms in total. The fraction of sp³-hybridized carbons (Fsp3) is 0.280. The van der Waals surface area contributed by atoms with Gasteiger partial charge in [0.2, 0.25) is 0 Å². The van der Waals surface area contributed by atoms with Crippen LogP contribution >= 0.6 is 15.9 Å². The van der Waals surface area contributed by atoms with Crippen LogP contribution in [0.2, 0.25) is 0 Å². The number of benzene rings is 2. The van der Waals surface area contributed by atoms with Crippen LogP contribution in [0.15, 0.2) is 57.7 Å². The van der Waals surface area contributed by atoms with Gasteiger partial charge in [-0.25, -0.2) is 4.79 Å². The number of carbonyl (C=O) groups excluding carboxylic acids is 2. The first-order chi connectivity index (χ1) is 15.4. The molecule has 7 heteroatoms. The van der Waals surface area contributed by atoms with Crippen molar-refractivity contribution in [3.63, 3.8) is 0 Å². The van der Waals surface area contributed by atoms with Crippen LogP contribution in [0, 0.1) is 0 Å². The molecule has 2 aromatic carbocycles. The summed E-state index contributed by atoms with van der Waals surface area (Å²) in [7, 11) is 1.34. The molecule has 1 atom stereocenters.